The molecule has 0 heterocycles. The lowest BCUT2D eigenvalue weighted by Crippen LogP contribution is -1.96. The van der Waals surface area contributed by atoms with Gasteiger partial charge in [0.2, 0.25) is 0 Å². The number of carbonyl (C=O) groups excluding carboxylic acids is 1. The summed E-state index contributed by atoms with van der Waals surface area (Å²) in [5.74, 6) is 0.680. The molecule has 3 heteroatoms. The lowest BCUT2D eigenvalue weighted by molar-refractivity contribution is 0.112. The number of aldehydes is 1. The molecule has 0 aliphatic rings. The first-order valence-electron chi connectivity index (χ1n) is 4.54. The highest BCUT2D eigenvalue weighted by molar-refractivity contribution is 5.78. The number of methoxy groups -OCH3 is 1. The predicted molar refractivity (Wildman–Crippen MR) is 53.8 cm³/mol. The molecule has 0 aliphatic carbocycles. The van der Waals surface area contributed by atoms with Crippen molar-refractivity contribution in [2.45, 2.75) is 12.8 Å². The van der Waals surface area contributed by atoms with Crippen molar-refractivity contribution in [3.8, 4) is 5.75 Å². The van der Waals surface area contributed by atoms with Crippen molar-refractivity contribution in [3.63, 3.8) is 0 Å². The van der Waals surface area contributed by atoms with E-state index in [1.54, 1.807) is 13.2 Å². The highest BCUT2D eigenvalue weighted by atomic mass is 16.5. The van der Waals surface area contributed by atoms with Gasteiger partial charge in [0.25, 0.3) is 0 Å². The fourth-order valence-corrected chi connectivity index (χ4v) is 1.31. The Hall–Kier alpha value is -1.35. The van der Waals surface area contributed by atoms with Gasteiger partial charge >= 0.3 is 0 Å². The zero-order valence-corrected chi connectivity index (χ0v) is 8.19. The van der Waals surface area contributed by atoms with Crippen molar-refractivity contribution in [2.75, 3.05) is 13.7 Å². The van der Waals surface area contributed by atoms with E-state index in [0.717, 1.165) is 11.8 Å². The molecule has 76 valence electrons. The maximum Gasteiger partial charge on any atom is 0.150 e. The van der Waals surface area contributed by atoms with Gasteiger partial charge in [-0.3, -0.25) is 4.79 Å². The smallest absolute Gasteiger partial charge is 0.150 e. The SMILES string of the molecule is COc1ccc(CCCO)c(C=O)c1. The van der Waals surface area contributed by atoms with E-state index in [2.05, 4.69) is 0 Å². The van der Waals surface area contributed by atoms with Crippen LogP contribution in [0.2, 0.25) is 0 Å². The molecule has 0 saturated heterocycles. The molecule has 1 rings (SSSR count). The summed E-state index contributed by atoms with van der Waals surface area (Å²) in [6.45, 7) is 0.143. The molecule has 14 heavy (non-hydrogen) atoms. The minimum Gasteiger partial charge on any atom is -0.497 e. The second-order valence-electron chi connectivity index (χ2n) is 3.01. The molecule has 0 atom stereocenters. The van der Waals surface area contributed by atoms with E-state index >= 15 is 0 Å². The number of carbonyl (C=O) groups is 1. The second-order valence-corrected chi connectivity index (χ2v) is 3.01. The van der Waals surface area contributed by atoms with Gasteiger partial charge in [0, 0.05) is 12.2 Å². The summed E-state index contributed by atoms with van der Waals surface area (Å²) in [5, 5.41) is 8.68. The van der Waals surface area contributed by atoms with Gasteiger partial charge in [-0.25, -0.2) is 0 Å². The molecular weight excluding hydrogens is 180 g/mol. The third kappa shape index (κ3) is 2.57. The average molecular weight is 194 g/mol. The Kier molecular flexibility index (Phi) is 4.13. The molecule has 0 bridgehead atoms. The van der Waals surface area contributed by atoms with Gasteiger partial charge in [-0.05, 0) is 30.5 Å². The molecule has 0 fully saturated rings. The maximum absolute atomic E-state index is 10.7. The van der Waals surface area contributed by atoms with Crippen molar-refractivity contribution in [1.29, 1.82) is 0 Å². The van der Waals surface area contributed by atoms with Gasteiger partial charge in [-0.2, -0.15) is 0 Å². The van der Waals surface area contributed by atoms with E-state index in [-0.39, 0.29) is 6.61 Å². The zero-order valence-electron chi connectivity index (χ0n) is 8.19. The molecular formula is C11H14O3. The van der Waals surface area contributed by atoms with Gasteiger partial charge in [0.05, 0.1) is 7.11 Å². The summed E-state index contributed by atoms with van der Waals surface area (Å²) in [6.07, 6.45) is 2.21. The van der Waals surface area contributed by atoms with E-state index in [1.165, 1.54) is 0 Å². The number of rotatable bonds is 5. The van der Waals surface area contributed by atoms with E-state index in [0.29, 0.717) is 24.2 Å². The summed E-state index contributed by atoms with van der Waals surface area (Å²) in [5.41, 5.74) is 1.59. The first-order valence-corrected chi connectivity index (χ1v) is 4.54. The summed E-state index contributed by atoms with van der Waals surface area (Å²) in [4.78, 5) is 10.7. The minimum absolute atomic E-state index is 0.143. The Morgan fingerprint density at radius 1 is 1.50 bits per heavy atom. The zero-order chi connectivity index (χ0) is 10.4. The Labute approximate surface area is 83.3 Å². The van der Waals surface area contributed by atoms with Gasteiger partial charge in [-0.1, -0.05) is 6.07 Å². The van der Waals surface area contributed by atoms with Crippen molar-refractivity contribution in [1.82, 2.24) is 0 Å². The standard InChI is InChI=1S/C11H14O3/c1-14-11-5-4-9(3-2-6-12)10(7-11)8-13/h4-5,7-8,12H,2-3,6H2,1H3. The highest BCUT2D eigenvalue weighted by Gasteiger charge is 2.02. The average Bonchev–Trinajstić information content (AvgIpc) is 2.26. The highest BCUT2D eigenvalue weighted by Crippen LogP contribution is 2.17. The van der Waals surface area contributed by atoms with Crippen LogP contribution in [0.15, 0.2) is 18.2 Å². The lowest BCUT2D eigenvalue weighted by Gasteiger charge is -2.06. The van der Waals surface area contributed by atoms with Crippen LogP contribution < -0.4 is 4.74 Å². The molecule has 0 saturated carbocycles. The van der Waals surface area contributed by atoms with Crippen molar-refractivity contribution >= 4 is 6.29 Å². The van der Waals surface area contributed by atoms with Crippen LogP contribution >= 0.6 is 0 Å². The van der Waals surface area contributed by atoms with Gasteiger partial charge in [-0.15, -0.1) is 0 Å². The first kappa shape index (κ1) is 10.7. The molecule has 1 aromatic rings. The predicted octanol–water partition coefficient (Wildman–Crippen LogP) is 1.43. The van der Waals surface area contributed by atoms with Crippen LogP contribution in [-0.2, 0) is 6.42 Å². The number of hydrogen-bond donors (Lipinski definition) is 1. The summed E-state index contributed by atoms with van der Waals surface area (Å²) in [6, 6.07) is 5.39. The van der Waals surface area contributed by atoms with Crippen molar-refractivity contribution in [2.24, 2.45) is 0 Å². The largest absolute Gasteiger partial charge is 0.497 e. The molecule has 3 nitrogen and oxygen atoms in total. The summed E-state index contributed by atoms with van der Waals surface area (Å²) >= 11 is 0. The Morgan fingerprint density at radius 3 is 2.86 bits per heavy atom. The van der Waals surface area contributed by atoms with Gasteiger partial charge < -0.3 is 9.84 Å². The second kappa shape index (κ2) is 5.40. The molecule has 0 aliphatic heterocycles. The normalized spacial score (nSPS) is 9.86. The molecule has 1 N–H and O–H groups in total. The lowest BCUT2D eigenvalue weighted by atomic mass is 10.0. The maximum atomic E-state index is 10.7. The molecule has 0 aromatic heterocycles. The summed E-state index contributed by atoms with van der Waals surface area (Å²) in [7, 11) is 1.57. The number of benzene rings is 1. The Balaban J connectivity index is 2.87. The van der Waals surface area contributed by atoms with Crippen LogP contribution in [0.1, 0.15) is 22.3 Å². The van der Waals surface area contributed by atoms with Gasteiger partial charge in [0.15, 0.2) is 0 Å². The van der Waals surface area contributed by atoms with Crippen molar-refractivity contribution in [3.05, 3.63) is 29.3 Å². The van der Waals surface area contributed by atoms with E-state index < -0.39 is 0 Å². The number of aryl methyl sites for hydroxylation is 1. The number of ether oxygens (including phenoxy) is 1. The van der Waals surface area contributed by atoms with E-state index in [4.69, 9.17) is 9.84 Å². The molecule has 0 radical (unpaired) electrons. The molecule has 0 amide bonds. The fourth-order valence-electron chi connectivity index (χ4n) is 1.31. The van der Waals surface area contributed by atoms with Crippen LogP contribution in [0, 0.1) is 0 Å². The first-order chi connectivity index (χ1) is 6.81. The van der Waals surface area contributed by atoms with Crippen LogP contribution in [-0.4, -0.2) is 25.1 Å². The van der Waals surface area contributed by atoms with Gasteiger partial charge in [0.1, 0.15) is 12.0 Å². The van der Waals surface area contributed by atoms with Crippen LogP contribution in [0.4, 0.5) is 0 Å². The van der Waals surface area contributed by atoms with E-state index in [9.17, 15) is 4.79 Å². The van der Waals surface area contributed by atoms with E-state index in [1.807, 2.05) is 12.1 Å². The third-order valence-electron chi connectivity index (χ3n) is 2.08. The van der Waals surface area contributed by atoms with Crippen LogP contribution in [0.3, 0.4) is 0 Å². The number of aliphatic hydroxyl groups is 1. The van der Waals surface area contributed by atoms with Crippen LogP contribution in [0.5, 0.6) is 5.75 Å². The number of aliphatic hydroxyl groups excluding tert-OH is 1. The monoisotopic (exact) mass is 194 g/mol. The Bertz CT molecular complexity index is 307. The fraction of sp³-hybridized carbons (Fsp3) is 0.364. The number of hydrogen-bond acceptors (Lipinski definition) is 3. The Morgan fingerprint density at radius 2 is 2.29 bits per heavy atom. The molecule has 0 unspecified atom stereocenters. The van der Waals surface area contributed by atoms with Crippen LogP contribution in [0.25, 0.3) is 0 Å². The topological polar surface area (TPSA) is 46.5 Å². The minimum atomic E-state index is 0.143. The molecule has 0 spiro atoms. The van der Waals surface area contributed by atoms with Crippen molar-refractivity contribution < 1.29 is 14.6 Å². The summed E-state index contributed by atoms with van der Waals surface area (Å²) < 4.78 is 5.01. The molecule has 1 aromatic carbocycles. The third-order valence-corrected chi connectivity index (χ3v) is 2.08. The quantitative estimate of drug-likeness (QED) is 0.721.